The lowest BCUT2D eigenvalue weighted by molar-refractivity contribution is -0.0929. The van der Waals surface area contributed by atoms with Gasteiger partial charge in [0.1, 0.15) is 18.2 Å². The zero-order valence-electron chi connectivity index (χ0n) is 18.3. The molecule has 3 fully saturated rings. The second kappa shape index (κ2) is 6.50. The number of nitriles is 1. The normalized spacial score (nSPS) is 26.3. The van der Waals surface area contributed by atoms with Crippen LogP contribution >= 0.6 is 0 Å². The molecule has 2 aliphatic carbocycles. The lowest BCUT2D eigenvalue weighted by Gasteiger charge is -2.39. The van der Waals surface area contributed by atoms with Gasteiger partial charge in [0.15, 0.2) is 5.82 Å². The number of nitrogens with zero attached hydrogens (tertiary/aromatic N) is 6. The molecule has 1 spiro atoms. The number of rotatable bonds is 4. The van der Waals surface area contributed by atoms with Crippen molar-refractivity contribution < 1.29 is 9.84 Å². The van der Waals surface area contributed by atoms with Crippen LogP contribution in [0.4, 0.5) is 5.82 Å². The van der Waals surface area contributed by atoms with E-state index < -0.39 is 5.60 Å². The average molecular weight is 431 g/mol. The summed E-state index contributed by atoms with van der Waals surface area (Å²) in [6, 6.07) is 10.8. The van der Waals surface area contributed by atoms with Crippen molar-refractivity contribution >= 4 is 16.7 Å². The molecule has 8 nitrogen and oxygen atoms in total. The van der Waals surface area contributed by atoms with Crippen molar-refractivity contribution in [1.29, 1.82) is 5.26 Å². The van der Waals surface area contributed by atoms with Gasteiger partial charge in [-0.05, 0) is 50.2 Å². The number of morpholine rings is 1. The molecular formula is C24H26N6O2. The van der Waals surface area contributed by atoms with Gasteiger partial charge in [-0.2, -0.15) is 10.4 Å². The van der Waals surface area contributed by atoms with Crippen LogP contribution in [0.5, 0.6) is 0 Å². The highest BCUT2D eigenvalue weighted by Gasteiger charge is 2.75. The fraction of sp³-hybridized carbons (Fsp3) is 0.500. The van der Waals surface area contributed by atoms with Crippen molar-refractivity contribution in [2.45, 2.75) is 50.2 Å². The molecule has 6 rings (SSSR count). The molecule has 8 heteroatoms. The zero-order valence-corrected chi connectivity index (χ0v) is 18.3. The van der Waals surface area contributed by atoms with Gasteiger partial charge in [-0.3, -0.25) is 0 Å². The van der Waals surface area contributed by atoms with Crippen molar-refractivity contribution in [3.63, 3.8) is 0 Å². The van der Waals surface area contributed by atoms with Gasteiger partial charge in [0.2, 0.25) is 0 Å². The first-order valence-electron chi connectivity index (χ1n) is 11.2. The van der Waals surface area contributed by atoms with Crippen LogP contribution in [0.2, 0.25) is 0 Å². The van der Waals surface area contributed by atoms with Crippen LogP contribution in [0.1, 0.15) is 38.7 Å². The van der Waals surface area contributed by atoms with Crippen molar-refractivity contribution in [1.82, 2.24) is 19.7 Å². The van der Waals surface area contributed by atoms with E-state index in [2.05, 4.69) is 44.2 Å². The molecule has 1 aliphatic heterocycles. The molecule has 32 heavy (non-hydrogen) atoms. The standard InChI is InChI=1S/C24H26N6O2/c1-22(2,31)19-12-29(7-8-32-19)20-10-21(27-15-26-20)30-18-9-17(4-3-16(18)11-28-30)24(14-25)13-23(24)5-6-23/h3-4,9-11,15,19,31H,5-8,12-13H2,1-2H3. The van der Waals surface area contributed by atoms with Gasteiger partial charge in [0.25, 0.3) is 0 Å². The van der Waals surface area contributed by atoms with Crippen LogP contribution in [0.3, 0.4) is 0 Å². The molecule has 164 valence electrons. The number of anilines is 1. The molecule has 2 atom stereocenters. The topological polar surface area (TPSA) is 100 Å². The van der Waals surface area contributed by atoms with E-state index in [1.54, 1.807) is 20.2 Å². The van der Waals surface area contributed by atoms with Crippen LogP contribution in [-0.2, 0) is 10.2 Å². The molecule has 1 N–H and O–H groups in total. The minimum atomic E-state index is -0.929. The Morgan fingerprint density at radius 3 is 2.75 bits per heavy atom. The van der Waals surface area contributed by atoms with Gasteiger partial charge < -0.3 is 14.7 Å². The molecule has 3 aliphatic rings. The third kappa shape index (κ3) is 2.85. The Balaban J connectivity index is 1.35. The van der Waals surface area contributed by atoms with Crippen molar-refractivity contribution in [2.75, 3.05) is 24.6 Å². The Hall–Kier alpha value is -3.02. The first kappa shape index (κ1) is 19.6. The largest absolute Gasteiger partial charge is 0.388 e. The summed E-state index contributed by atoms with van der Waals surface area (Å²) in [6.45, 7) is 5.30. The first-order valence-corrected chi connectivity index (χ1v) is 11.2. The van der Waals surface area contributed by atoms with Crippen molar-refractivity contribution in [3.05, 3.63) is 42.4 Å². The highest BCUT2D eigenvalue weighted by molar-refractivity contribution is 5.82. The predicted octanol–water partition coefficient (Wildman–Crippen LogP) is 2.74. The Kier molecular flexibility index (Phi) is 3.99. The van der Waals surface area contributed by atoms with Crippen LogP contribution in [-0.4, -0.2) is 56.3 Å². The number of hydrogen-bond donors (Lipinski definition) is 1. The quantitative estimate of drug-likeness (QED) is 0.679. The molecule has 3 aromatic rings. The van der Waals surface area contributed by atoms with E-state index in [4.69, 9.17) is 4.74 Å². The fourth-order valence-electron chi connectivity index (χ4n) is 5.23. The van der Waals surface area contributed by atoms with Crippen LogP contribution < -0.4 is 4.90 Å². The smallest absolute Gasteiger partial charge is 0.159 e. The van der Waals surface area contributed by atoms with E-state index >= 15 is 0 Å². The number of aromatic nitrogens is 4. The van der Waals surface area contributed by atoms with Crippen LogP contribution in [0, 0.1) is 16.7 Å². The van der Waals surface area contributed by atoms with Crippen molar-refractivity contribution in [2.24, 2.45) is 5.41 Å². The lowest BCUT2D eigenvalue weighted by Crippen LogP contribution is -2.52. The number of aliphatic hydroxyl groups is 1. The maximum atomic E-state index is 10.4. The van der Waals surface area contributed by atoms with Crippen molar-refractivity contribution in [3.8, 4) is 11.9 Å². The van der Waals surface area contributed by atoms with E-state index in [9.17, 15) is 10.4 Å². The highest BCUT2D eigenvalue weighted by atomic mass is 16.5. The summed E-state index contributed by atoms with van der Waals surface area (Å²) in [5, 5.41) is 25.9. The second-order valence-electron chi connectivity index (χ2n) is 10.00. The minimum Gasteiger partial charge on any atom is -0.388 e. The number of benzene rings is 1. The van der Waals surface area contributed by atoms with Gasteiger partial charge in [0.05, 0.1) is 35.4 Å². The van der Waals surface area contributed by atoms with Gasteiger partial charge in [-0.15, -0.1) is 0 Å². The van der Waals surface area contributed by atoms with E-state index in [1.807, 2.05) is 16.9 Å². The molecule has 0 radical (unpaired) electrons. The zero-order chi connectivity index (χ0) is 22.1. The molecule has 3 heterocycles. The van der Waals surface area contributed by atoms with Gasteiger partial charge >= 0.3 is 0 Å². The molecule has 2 aromatic heterocycles. The monoisotopic (exact) mass is 430 g/mol. The summed E-state index contributed by atoms with van der Waals surface area (Å²) in [5.41, 5.74) is 0.979. The lowest BCUT2D eigenvalue weighted by atomic mass is 9.93. The van der Waals surface area contributed by atoms with E-state index in [0.717, 1.165) is 41.5 Å². The SMILES string of the molecule is CC(C)(O)C1CN(c2cc(-n3ncc4ccc(C5(C#N)CC56CC6)cc43)ncn2)CCO1. The second-order valence-corrected chi connectivity index (χ2v) is 10.00. The molecule has 2 unspecified atom stereocenters. The summed E-state index contributed by atoms with van der Waals surface area (Å²) < 4.78 is 7.58. The molecule has 1 saturated heterocycles. The molecule has 0 bridgehead atoms. The molecule has 0 amide bonds. The number of ether oxygens (including phenoxy) is 1. The Morgan fingerprint density at radius 2 is 2.03 bits per heavy atom. The highest BCUT2D eigenvalue weighted by Crippen LogP contribution is 2.78. The number of fused-ring (bicyclic) bond motifs is 1. The van der Waals surface area contributed by atoms with Crippen LogP contribution in [0.25, 0.3) is 16.7 Å². The Morgan fingerprint density at radius 1 is 1.22 bits per heavy atom. The van der Waals surface area contributed by atoms with E-state index in [1.165, 1.54) is 0 Å². The third-order valence-corrected chi connectivity index (χ3v) is 7.53. The maximum Gasteiger partial charge on any atom is 0.159 e. The minimum absolute atomic E-state index is 0.218. The first-order chi connectivity index (χ1) is 15.4. The third-order valence-electron chi connectivity index (χ3n) is 7.53. The Bertz CT molecular complexity index is 1250. The summed E-state index contributed by atoms with van der Waals surface area (Å²) >= 11 is 0. The molecule has 1 aromatic carbocycles. The molecular weight excluding hydrogens is 404 g/mol. The van der Waals surface area contributed by atoms with E-state index in [0.29, 0.717) is 25.5 Å². The van der Waals surface area contributed by atoms with Gasteiger partial charge in [0, 0.05) is 24.5 Å². The maximum absolute atomic E-state index is 10.4. The van der Waals surface area contributed by atoms with Gasteiger partial charge in [-0.1, -0.05) is 12.1 Å². The predicted molar refractivity (Wildman–Crippen MR) is 118 cm³/mol. The van der Waals surface area contributed by atoms with Gasteiger partial charge in [-0.25, -0.2) is 14.6 Å². The summed E-state index contributed by atoms with van der Waals surface area (Å²) in [4.78, 5) is 11.1. The summed E-state index contributed by atoms with van der Waals surface area (Å²) in [5.74, 6) is 1.45. The average Bonchev–Trinajstić information content (AvgIpc) is 3.68. The van der Waals surface area contributed by atoms with E-state index in [-0.39, 0.29) is 16.9 Å². The summed E-state index contributed by atoms with van der Waals surface area (Å²) in [6.07, 6.45) is 6.36. The summed E-state index contributed by atoms with van der Waals surface area (Å²) in [7, 11) is 0. The fourth-order valence-corrected chi connectivity index (χ4v) is 5.23. The molecule has 2 saturated carbocycles. The number of hydrogen-bond acceptors (Lipinski definition) is 7. The Labute approximate surface area is 186 Å². The van der Waals surface area contributed by atoms with Crippen LogP contribution in [0.15, 0.2) is 36.8 Å².